The van der Waals surface area contributed by atoms with Gasteiger partial charge in [-0.3, -0.25) is 4.79 Å². The summed E-state index contributed by atoms with van der Waals surface area (Å²) >= 11 is 0. The highest BCUT2D eigenvalue weighted by molar-refractivity contribution is 5.98. The van der Waals surface area contributed by atoms with Gasteiger partial charge < -0.3 is 10.2 Å². The van der Waals surface area contributed by atoms with Gasteiger partial charge in [-0.1, -0.05) is 12.1 Å². The van der Waals surface area contributed by atoms with E-state index in [9.17, 15) is 18.0 Å². The zero-order chi connectivity index (χ0) is 22.3. The fourth-order valence-electron chi connectivity index (χ4n) is 4.65. The van der Waals surface area contributed by atoms with Gasteiger partial charge in [-0.25, -0.2) is 9.97 Å². The first-order chi connectivity index (χ1) is 15.4. The molecule has 11 heteroatoms. The van der Waals surface area contributed by atoms with Crippen molar-refractivity contribution in [3.05, 3.63) is 60.3 Å². The predicted octanol–water partition coefficient (Wildman–Crippen LogP) is 3.18. The van der Waals surface area contributed by atoms with Gasteiger partial charge in [0.15, 0.2) is 5.69 Å². The number of rotatable bonds is 4. The molecule has 2 saturated heterocycles. The minimum absolute atomic E-state index is 0.102. The molecule has 1 saturated carbocycles. The number of hydrogen-bond acceptors (Lipinski definition) is 6. The third kappa shape index (κ3) is 3.78. The Morgan fingerprint density at radius 2 is 1.84 bits per heavy atom. The number of aromatic nitrogens is 5. The molecule has 6 rings (SSSR count). The van der Waals surface area contributed by atoms with Crippen LogP contribution in [0.1, 0.15) is 35.3 Å². The van der Waals surface area contributed by atoms with Crippen LogP contribution >= 0.6 is 0 Å². The van der Waals surface area contributed by atoms with Gasteiger partial charge in [0, 0.05) is 12.6 Å². The zero-order valence-corrected chi connectivity index (χ0v) is 16.9. The Labute approximate surface area is 181 Å². The van der Waals surface area contributed by atoms with E-state index in [2.05, 4.69) is 25.5 Å². The van der Waals surface area contributed by atoms with Crippen molar-refractivity contribution in [2.45, 2.75) is 37.5 Å². The van der Waals surface area contributed by atoms with Crippen LogP contribution < -0.4 is 5.32 Å². The number of carbonyl (C=O) groups is 1. The number of nitrogens with one attached hydrogen (secondary N) is 1. The van der Waals surface area contributed by atoms with Crippen molar-refractivity contribution in [2.24, 2.45) is 5.92 Å². The van der Waals surface area contributed by atoms with E-state index in [1.54, 1.807) is 30.6 Å². The van der Waals surface area contributed by atoms with Crippen LogP contribution in [0.2, 0.25) is 0 Å². The average molecular weight is 443 g/mol. The van der Waals surface area contributed by atoms with Crippen molar-refractivity contribution in [1.82, 2.24) is 29.9 Å². The third-order valence-corrected chi connectivity index (χ3v) is 6.08. The summed E-state index contributed by atoms with van der Waals surface area (Å²) in [6, 6.07) is 6.96. The summed E-state index contributed by atoms with van der Waals surface area (Å²) < 4.78 is 38.3. The first-order valence-corrected chi connectivity index (χ1v) is 10.3. The lowest BCUT2D eigenvalue weighted by Crippen LogP contribution is -2.59. The highest BCUT2D eigenvalue weighted by Crippen LogP contribution is 2.38. The Morgan fingerprint density at radius 1 is 1.06 bits per heavy atom. The minimum atomic E-state index is -4.53. The molecular weight excluding hydrogens is 423 g/mol. The maximum absolute atomic E-state index is 13.5. The van der Waals surface area contributed by atoms with Crippen LogP contribution in [0.3, 0.4) is 0 Å². The van der Waals surface area contributed by atoms with Gasteiger partial charge in [-0.2, -0.15) is 28.2 Å². The Hall–Kier alpha value is -3.50. The molecule has 32 heavy (non-hydrogen) atoms. The van der Waals surface area contributed by atoms with Gasteiger partial charge in [0.2, 0.25) is 0 Å². The number of para-hydroxylation sites is 1. The molecule has 3 aromatic rings. The molecule has 8 nitrogen and oxygen atoms in total. The summed E-state index contributed by atoms with van der Waals surface area (Å²) in [4.78, 5) is 24.2. The van der Waals surface area contributed by atoms with Crippen molar-refractivity contribution >= 4 is 11.7 Å². The molecule has 1 amide bonds. The highest BCUT2D eigenvalue weighted by atomic mass is 19.4. The van der Waals surface area contributed by atoms with Crippen LogP contribution in [0.5, 0.6) is 0 Å². The van der Waals surface area contributed by atoms with Gasteiger partial charge >= 0.3 is 6.18 Å². The number of fused-ring (bicyclic) bond motifs is 3. The lowest BCUT2D eigenvalue weighted by molar-refractivity contribution is -0.141. The minimum Gasteiger partial charge on any atom is -0.364 e. The monoisotopic (exact) mass is 443 g/mol. The van der Waals surface area contributed by atoms with Crippen molar-refractivity contribution in [2.75, 3.05) is 11.9 Å². The highest BCUT2D eigenvalue weighted by Gasteiger charge is 2.43. The van der Waals surface area contributed by atoms with E-state index in [-0.39, 0.29) is 23.8 Å². The van der Waals surface area contributed by atoms with Crippen molar-refractivity contribution in [1.29, 1.82) is 0 Å². The van der Waals surface area contributed by atoms with Crippen LogP contribution in [0.25, 0.3) is 5.69 Å². The first kappa shape index (κ1) is 20.4. The molecule has 3 atom stereocenters. The number of amides is 1. The Bertz CT molecular complexity index is 1100. The lowest BCUT2D eigenvalue weighted by Gasteiger charge is -2.50. The topological polar surface area (TPSA) is 88.8 Å². The van der Waals surface area contributed by atoms with E-state index in [0.29, 0.717) is 23.7 Å². The number of halogens is 3. The van der Waals surface area contributed by atoms with Crippen LogP contribution in [-0.2, 0) is 6.18 Å². The Balaban J connectivity index is 1.37. The van der Waals surface area contributed by atoms with Crippen LogP contribution in [-0.4, -0.2) is 54.4 Å². The van der Waals surface area contributed by atoms with Gasteiger partial charge in [0.25, 0.3) is 5.91 Å². The van der Waals surface area contributed by atoms with E-state index in [0.717, 1.165) is 31.7 Å². The molecule has 0 radical (unpaired) electrons. The number of benzene rings is 1. The van der Waals surface area contributed by atoms with Gasteiger partial charge in [-0.15, -0.1) is 0 Å². The molecule has 1 aliphatic carbocycles. The van der Waals surface area contributed by atoms with E-state index in [1.807, 2.05) is 11.0 Å². The van der Waals surface area contributed by atoms with E-state index >= 15 is 0 Å². The van der Waals surface area contributed by atoms with E-state index in [4.69, 9.17) is 0 Å². The van der Waals surface area contributed by atoms with Gasteiger partial charge in [-0.05, 0) is 37.3 Å². The van der Waals surface area contributed by atoms with Crippen LogP contribution in [0, 0.1) is 5.92 Å². The average Bonchev–Trinajstić information content (AvgIpc) is 3.33. The lowest BCUT2D eigenvalue weighted by atomic mass is 9.76. The summed E-state index contributed by atoms with van der Waals surface area (Å²) in [5, 5.41) is 11.5. The fraction of sp³-hybridized carbons (Fsp3) is 0.381. The standard InChI is InChI=1S/C21H20F3N7O/c22-21(23,24)18-10-26-19(11-25-18)29-15-9-13-5-6-17(15)30(12-13)20(32)14-3-1-2-4-16(14)31-27-7-8-28-31/h1-4,7-8,10-11,13,15,17H,5-6,9,12H2,(H,26,29)/t13?,15-,17+/m1/s1. The van der Waals surface area contributed by atoms with Gasteiger partial charge in [0.1, 0.15) is 5.82 Å². The van der Waals surface area contributed by atoms with Crippen molar-refractivity contribution in [3.63, 3.8) is 0 Å². The maximum Gasteiger partial charge on any atom is 0.434 e. The molecule has 3 fully saturated rings. The number of alkyl halides is 3. The molecule has 3 aliphatic rings. The molecular formula is C21H20F3N7O. The van der Waals surface area contributed by atoms with E-state index < -0.39 is 11.9 Å². The quantitative estimate of drug-likeness (QED) is 0.666. The molecule has 1 aromatic carbocycles. The first-order valence-electron chi connectivity index (χ1n) is 10.3. The largest absolute Gasteiger partial charge is 0.434 e. The number of hydrogen-bond donors (Lipinski definition) is 1. The number of piperidine rings is 2. The summed E-state index contributed by atoms with van der Waals surface area (Å²) in [7, 11) is 0. The normalized spacial score (nSPS) is 22.7. The van der Waals surface area contributed by atoms with Crippen LogP contribution in [0.15, 0.2) is 49.1 Å². The molecule has 2 bridgehead atoms. The number of nitrogens with zero attached hydrogens (tertiary/aromatic N) is 6. The van der Waals surface area contributed by atoms with Crippen molar-refractivity contribution in [3.8, 4) is 5.69 Å². The number of anilines is 1. The second kappa shape index (κ2) is 7.88. The second-order valence-electron chi connectivity index (χ2n) is 8.08. The summed E-state index contributed by atoms with van der Waals surface area (Å²) in [5.74, 6) is 0.459. The smallest absolute Gasteiger partial charge is 0.364 e. The zero-order valence-electron chi connectivity index (χ0n) is 16.9. The maximum atomic E-state index is 13.5. The van der Waals surface area contributed by atoms with Crippen LogP contribution in [0.4, 0.5) is 19.0 Å². The summed E-state index contributed by atoms with van der Waals surface area (Å²) in [6.07, 6.45) is 3.02. The molecule has 166 valence electrons. The van der Waals surface area contributed by atoms with Crippen molar-refractivity contribution < 1.29 is 18.0 Å². The van der Waals surface area contributed by atoms with Gasteiger partial charge in [0.05, 0.1) is 42.1 Å². The Kier molecular flexibility index (Phi) is 5.03. The third-order valence-electron chi connectivity index (χ3n) is 6.08. The molecule has 1 N–H and O–H groups in total. The Morgan fingerprint density at radius 3 is 2.53 bits per heavy atom. The summed E-state index contributed by atoms with van der Waals surface area (Å²) in [6.45, 7) is 0.640. The predicted molar refractivity (Wildman–Crippen MR) is 108 cm³/mol. The fourth-order valence-corrected chi connectivity index (χ4v) is 4.65. The molecule has 2 aromatic heterocycles. The van der Waals surface area contributed by atoms with E-state index in [1.165, 1.54) is 4.80 Å². The molecule has 2 aliphatic heterocycles. The second-order valence-corrected chi connectivity index (χ2v) is 8.08. The molecule has 4 heterocycles. The SMILES string of the molecule is O=C(c1ccccc1-n1nccn1)N1CC2CC[C@H]1[C@H](Nc1cnc(C(F)(F)F)cn1)C2. The molecule has 1 unspecified atom stereocenters. The summed E-state index contributed by atoms with van der Waals surface area (Å²) in [5.41, 5.74) is 0.0697. The number of carbonyl (C=O) groups excluding carboxylic acids is 1. The molecule has 0 spiro atoms.